The number of hydrogen-bond acceptors (Lipinski definition) is 2. The van der Waals surface area contributed by atoms with Crippen molar-refractivity contribution in [3.05, 3.63) is 0 Å². The summed E-state index contributed by atoms with van der Waals surface area (Å²) in [4.78, 5) is 11.7. The summed E-state index contributed by atoms with van der Waals surface area (Å²) in [7, 11) is 0. The Bertz CT molecular complexity index is 253. The quantitative estimate of drug-likeness (QED) is 0.756. The molecule has 18 heavy (non-hydrogen) atoms. The minimum Gasteiger partial charge on any atom is -0.368 e. The highest BCUT2D eigenvalue weighted by molar-refractivity contribution is 5.80. The van der Waals surface area contributed by atoms with Crippen LogP contribution in [-0.4, -0.2) is 18.0 Å². The molecule has 3 N–H and O–H groups in total. The van der Waals surface area contributed by atoms with E-state index < -0.39 is 0 Å². The molecule has 2 aliphatic carbocycles. The maximum Gasteiger partial charge on any atom is 0.234 e. The number of nitrogens with one attached hydrogen (secondary N) is 1. The lowest BCUT2D eigenvalue weighted by Gasteiger charge is -2.32. The molecule has 0 aromatic rings. The lowest BCUT2D eigenvalue weighted by atomic mass is 9.83. The van der Waals surface area contributed by atoms with Crippen molar-refractivity contribution in [1.29, 1.82) is 0 Å². The zero-order chi connectivity index (χ0) is 12.8. The van der Waals surface area contributed by atoms with Crippen LogP contribution in [0, 0.1) is 5.92 Å². The molecule has 3 heteroatoms. The topological polar surface area (TPSA) is 55.1 Å². The maximum absolute atomic E-state index is 11.7. The van der Waals surface area contributed by atoms with Crippen LogP contribution in [0.1, 0.15) is 70.6 Å². The molecule has 0 saturated heterocycles. The summed E-state index contributed by atoms with van der Waals surface area (Å²) < 4.78 is 0. The van der Waals surface area contributed by atoms with E-state index in [1.165, 1.54) is 70.6 Å². The third-order valence-corrected chi connectivity index (χ3v) is 4.70. The molecule has 2 saturated carbocycles. The average Bonchev–Trinajstić information content (AvgIpc) is 2.65. The van der Waals surface area contributed by atoms with Gasteiger partial charge in [-0.3, -0.25) is 4.79 Å². The predicted octanol–water partition coefficient (Wildman–Crippen LogP) is 2.73. The Labute approximate surface area is 111 Å². The smallest absolute Gasteiger partial charge is 0.234 e. The van der Waals surface area contributed by atoms with Gasteiger partial charge >= 0.3 is 0 Å². The lowest BCUT2D eigenvalue weighted by molar-refractivity contribution is -0.121. The second kappa shape index (κ2) is 7.13. The molecular formula is C15H28N2O. The Balaban J connectivity index is 1.89. The molecule has 3 nitrogen and oxygen atoms in total. The van der Waals surface area contributed by atoms with Crippen LogP contribution >= 0.6 is 0 Å². The van der Waals surface area contributed by atoms with E-state index >= 15 is 0 Å². The molecule has 0 aromatic carbocycles. The third kappa shape index (κ3) is 3.98. The van der Waals surface area contributed by atoms with Gasteiger partial charge in [0.15, 0.2) is 0 Å². The summed E-state index contributed by atoms with van der Waals surface area (Å²) in [6.07, 6.45) is 13.9. The second-order valence-corrected chi connectivity index (χ2v) is 6.13. The van der Waals surface area contributed by atoms with Crippen molar-refractivity contribution >= 4 is 5.91 Å². The zero-order valence-corrected chi connectivity index (χ0v) is 11.5. The summed E-state index contributed by atoms with van der Waals surface area (Å²) in [6.45, 7) is 0. The van der Waals surface area contributed by atoms with E-state index in [-0.39, 0.29) is 11.9 Å². The van der Waals surface area contributed by atoms with E-state index in [1.807, 2.05) is 0 Å². The minimum atomic E-state index is -0.133. The van der Waals surface area contributed by atoms with Crippen LogP contribution in [0.4, 0.5) is 0 Å². The lowest BCUT2D eigenvalue weighted by Crippen LogP contribution is -2.51. The normalized spacial score (nSPS) is 25.6. The highest BCUT2D eigenvalue weighted by atomic mass is 16.1. The standard InChI is InChI=1S/C15H28N2O/c16-15(18)14(12-8-4-3-5-9-12)17-13-10-6-1-2-7-11-13/h12-14,17H,1-11H2,(H2,16,18). The van der Waals surface area contributed by atoms with Crippen molar-refractivity contribution in [2.45, 2.75) is 82.7 Å². The van der Waals surface area contributed by atoms with Crippen molar-refractivity contribution < 1.29 is 4.79 Å². The van der Waals surface area contributed by atoms with Crippen LogP contribution in [0.5, 0.6) is 0 Å². The molecule has 2 rings (SSSR count). The molecule has 104 valence electrons. The molecule has 0 heterocycles. The fourth-order valence-electron chi connectivity index (χ4n) is 3.62. The maximum atomic E-state index is 11.7. The van der Waals surface area contributed by atoms with Crippen LogP contribution in [0.15, 0.2) is 0 Å². The summed E-state index contributed by atoms with van der Waals surface area (Å²) >= 11 is 0. The van der Waals surface area contributed by atoms with Crippen LogP contribution in [0.3, 0.4) is 0 Å². The Morgan fingerprint density at radius 1 is 0.889 bits per heavy atom. The number of rotatable bonds is 4. The van der Waals surface area contributed by atoms with E-state index in [0.29, 0.717) is 12.0 Å². The van der Waals surface area contributed by atoms with E-state index in [0.717, 1.165) is 0 Å². The van der Waals surface area contributed by atoms with Gasteiger partial charge in [0, 0.05) is 6.04 Å². The van der Waals surface area contributed by atoms with Gasteiger partial charge in [-0.2, -0.15) is 0 Å². The summed E-state index contributed by atoms with van der Waals surface area (Å²) in [6, 6.07) is 0.445. The Kier molecular flexibility index (Phi) is 5.48. The molecule has 1 unspecified atom stereocenters. The summed E-state index contributed by atoms with van der Waals surface area (Å²) in [5, 5.41) is 3.59. The Morgan fingerprint density at radius 3 is 1.94 bits per heavy atom. The molecule has 1 amide bonds. The molecule has 2 aliphatic rings. The first-order chi connectivity index (χ1) is 8.77. The van der Waals surface area contributed by atoms with E-state index in [1.54, 1.807) is 0 Å². The fourth-order valence-corrected chi connectivity index (χ4v) is 3.62. The first-order valence-corrected chi connectivity index (χ1v) is 7.83. The molecule has 0 aliphatic heterocycles. The van der Waals surface area contributed by atoms with E-state index in [2.05, 4.69) is 5.32 Å². The van der Waals surface area contributed by atoms with Crippen molar-refractivity contribution in [3.8, 4) is 0 Å². The van der Waals surface area contributed by atoms with Crippen LogP contribution in [0.25, 0.3) is 0 Å². The molecule has 1 atom stereocenters. The predicted molar refractivity (Wildman–Crippen MR) is 74.2 cm³/mol. The van der Waals surface area contributed by atoms with Gasteiger partial charge in [0.2, 0.25) is 5.91 Å². The Morgan fingerprint density at radius 2 is 1.39 bits per heavy atom. The van der Waals surface area contributed by atoms with Gasteiger partial charge in [0.1, 0.15) is 0 Å². The molecule has 0 spiro atoms. The first kappa shape index (κ1) is 13.9. The van der Waals surface area contributed by atoms with Crippen molar-refractivity contribution in [3.63, 3.8) is 0 Å². The number of amides is 1. The highest BCUT2D eigenvalue weighted by Crippen LogP contribution is 2.27. The van der Waals surface area contributed by atoms with Crippen molar-refractivity contribution in [2.75, 3.05) is 0 Å². The van der Waals surface area contributed by atoms with Crippen LogP contribution < -0.4 is 11.1 Å². The van der Waals surface area contributed by atoms with Gasteiger partial charge < -0.3 is 11.1 Å². The monoisotopic (exact) mass is 252 g/mol. The fraction of sp³-hybridized carbons (Fsp3) is 0.933. The SMILES string of the molecule is NC(=O)C(NC1CCCCCC1)C1CCCCC1. The Hall–Kier alpha value is -0.570. The van der Waals surface area contributed by atoms with E-state index in [9.17, 15) is 4.79 Å². The summed E-state index contributed by atoms with van der Waals surface area (Å²) in [5.41, 5.74) is 5.62. The minimum absolute atomic E-state index is 0.0756. The molecular weight excluding hydrogens is 224 g/mol. The van der Waals surface area contributed by atoms with Crippen molar-refractivity contribution in [1.82, 2.24) is 5.32 Å². The zero-order valence-electron chi connectivity index (χ0n) is 11.5. The van der Waals surface area contributed by atoms with Gasteiger partial charge in [-0.25, -0.2) is 0 Å². The largest absolute Gasteiger partial charge is 0.368 e. The molecule has 0 bridgehead atoms. The number of primary amides is 1. The van der Waals surface area contributed by atoms with Gasteiger partial charge in [0.25, 0.3) is 0 Å². The summed E-state index contributed by atoms with van der Waals surface area (Å²) in [5.74, 6) is 0.352. The van der Waals surface area contributed by atoms with Crippen LogP contribution in [0.2, 0.25) is 0 Å². The highest BCUT2D eigenvalue weighted by Gasteiger charge is 2.29. The number of nitrogens with two attached hydrogens (primary N) is 1. The number of carbonyl (C=O) groups is 1. The van der Waals surface area contributed by atoms with Crippen molar-refractivity contribution in [2.24, 2.45) is 11.7 Å². The third-order valence-electron chi connectivity index (χ3n) is 4.70. The molecule has 2 fully saturated rings. The van der Waals surface area contributed by atoms with Crippen LogP contribution in [-0.2, 0) is 4.79 Å². The van der Waals surface area contributed by atoms with Gasteiger partial charge in [-0.05, 0) is 31.6 Å². The number of hydrogen-bond donors (Lipinski definition) is 2. The van der Waals surface area contributed by atoms with E-state index in [4.69, 9.17) is 5.73 Å². The van der Waals surface area contributed by atoms with Gasteiger partial charge in [-0.1, -0.05) is 44.9 Å². The van der Waals surface area contributed by atoms with Gasteiger partial charge in [-0.15, -0.1) is 0 Å². The second-order valence-electron chi connectivity index (χ2n) is 6.13. The molecule has 0 aromatic heterocycles. The average molecular weight is 252 g/mol. The first-order valence-electron chi connectivity index (χ1n) is 7.83. The van der Waals surface area contributed by atoms with Gasteiger partial charge in [0.05, 0.1) is 6.04 Å². The molecule has 0 radical (unpaired) electrons. The number of carbonyl (C=O) groups excluding carboxylic acids is 1.